The smallest absolute Gasteiger partial charge is 0.261 e. The maximum Gasteiger partial charge on any atom is 0.261 e. The van der Waals surface area contributed by atoms with E-state index in [-0.39, 0.29) is 17.4 Å². The Morgan fingerprint density at radius 2 is 1.93 bits per heavy atom. The second kappa shape index (κ2) is 6.11. The van der Waals surface area contributed by atoms with E-state index in [1.807, 2.05) is 0 Å². The van der Waals surface area contributed by atoms with E-state index in [2.05, 4.69) is 10.3 Å². The normalized spacial score (nSPS) is 22.7. The van der Waals surface area contributed by atoms with Gasteiger partial charge in [-0.15, -0.1) is 0 Å². The molecule has 6 nitrogen and oxygen atoms in total. The molecule has 2 heterocycles. The Labute approximate surface area is 158 Å². The molecule has 0 bridgehead atoms. The van der Waals surface area contributed by atoms with Gasteiger partial charge in [0.25, 0.3) is 5.56 Å². The molecule has 3 aromatic rings. The topological polar surface area (TPSA) is 79.9 Å². The number of nitrogens with one attached hydrogen (secondary N) is 1. The summed E-state index contributed by atoms with van der Waals surface area (Å²) in [5.41, 5.74) is -0.241. The minimum Gasteiger partial charge on any atom is -0.453 e. The number of hydrogen-bond acceptors (Lipinski definition) is 5. The molecule has 1 saturated carbocycles. The van der Waals surface area contributed by atoms with Crippen molar-refractivity contribution in [1.29, 1.82) is 5.26 Å². The molecule has 0 spiro atoms. The van der Waals surface area contributed by atoms with Crippen LogP contribution >= 0.6 is 0 Å². The first-order valence-electron chi connectivity index (χ1n) is 8.86. The summed E-state index contributed by atoms with van der Waals surface area (Å²) in [5.74, 6) is -1.24. The summed E-state index contributed by atoms with van der Waals surface area (Å²) in [6, 6.07) is 8.03. The molecule has 1 unspecified atom stereocenters. The van der Waals surface area contributed by atoms with Gasteiger partial charge in [0.05, 0.1) is 17.2 Å². The first kappa shape index (κ1) is 16.8. The number of nitrogens with zero attached hydrogens (tertiary/aromatic N) is 3. The summed E-state index contributed by atoms with van der Waals surface area (Å²) in [4.78, 5) is 17.3. The number of nitriles is 1. The van der Waals surface area contributed by atoms with Crippen LogP contribution in [0.15, 0.2) is 41.5 Å². The lowest BCUT2D eigenvalue weighted by atomic mass is 10.2. The van der Waals surface area contributed by atoms with Crippen LogP contribution in [0.1, 0.15) is 11.6 Å². The Morgan fingerprint density at radius 1 is 1.18 bits per heavy atom. The number of aromatic nitrogens is 2. The van der Waals surface area contributed by atoms with E-state index < -0.39 is 22.9 Å². The van der Waals surface area contributed by atoms with Gasteiger partial charge in [-0.2, -0.15) is 5.26 Å². The maximum absolute atomic E-state index is 14.1. The molecule has 2 fully saturated rings. The molecule has 0 amide bonds. The second-order valence-corrected chi connectivity index (χ2v) is 7.06. The van der Waals surface area contributed by atoms with Crippen molar-refractivity contribution in [2.75, 3.05) is 13.1 Å². The van der Waals surface area contributed by atoms with Gasteiger partial charge in [0.2, 0.25) is 0 Å². The van der Waals surface area contributed by atoms with E-state index in [0.29, 0.717) is 22.7 Å². The molecule has 2 aliphatic rings. The van der Waals surface area contributed by atoms with E-state index in [1.165, 1.54) is 12.1 Å². The van der Waals surface area contributed by atoms with E-state index >= 15 is 0 Å². The van der Waals surface area contributed by atoms with Gasteiger partial charge in [-0.3, -0.25) is 9.36 Å². The Morgan fingerprint density at radius 3 is 2.68 bits per heavy atom. The standard InChI is InChI=1S/C20H14F2N4O2/c21-15-2-3-16(22)19(12(15)6-23)28-10-1-4-17-11(5-10)20(27)26(9-25-17)18-13-7-24-8-14(13)18/h1-5,9,13-14,18,24H,7-8H2/t13-,14+,18?. The second-order valence-electron chi connectivity index (χ2n) is 7.06. The van der Waals surface area contributed by atoms with Gasteiger partial charge in [0.1, 0.15) is 23.2 Å². The van der Waals surface area contributed by atoms with Crippen LogP contribution < -0.4 is 15.6 Å². The van der Waals surface area contributed by atoms with Crippen LogP contribution in [0.5, 0.6) is 11.5 Å². The third-order valence-corrected chi connectivity index (χ3v) is 5.51. The van der Waals surface area contributed by atoms with Gasteiger partial charge in [0, 0.05) is 19.1 Å². The van der Waals surface area contributed by atoms with E-state index in [0.717, 1.165) is 25.2 Å². The van der Waals surface area contributed by atoms with Crippen LogP contribution in [0.3, 0.4) is 0 Å². The Bertz CT molecular complexity index is 1210. The lowest BCUT2D eigenvalue weighted by Gasteiger charge is -2.11. The predicted octanol–water partition coefficient (Wildman–Crippen LogP) is 2.73. The maximum atomic E-state index is 14.1. The summed E-state index contributed by atoms with van der Waals surface area (Å²) in [6.07, 6.45) is 1.56. The van der Waals surface area contributed by atoms with Crippen LogP contribution in [0.2, 0.25) is 0 Å². The lowest BCUT2D eigenvalue weighted by Crippen LogP contribution is -2.25. The van der Waals surface area contributed by atoms with Crippen LogP contribution in [-0.4, -0.2) is 22.6 Å². The van der Waals surface area contributed by atoms with Crippen molar-refractivity contribution < 1.29 is 13.5 Å². The zero-order chi connectivity index (χ0) is 19.4. The first-order valence-corrected chi connectivity index (χ1v) is 8.86. The summed E-state index contributed by atoms with van der Waals surface area (Å²) >= 11 is 0. The molecule has 5 rings (SSSR count). The first-order chi connectivity index (χ1) is 13.6. The van der Waals surface area contributed by atoms with Crippen molar-refractivity contribution in [2.24, 2.45) is 11.8 Å². The molecule has 0 radical (unpaired) electrons. The van der Waals surface area contributed by atoms with E-state index in [4.69, 9.17) is 10.00 Å². The Kier molecular flexibility index (Phi) is 3.67. The molecule has 1 N–H and O–H groups in total. The van der Waals surface area contributed by atoms with Crippen LogP contribution in [-0.2, 0) is 0 Å². The number of benzene rings is 2. The monoisotopic (exact) mass is 380 g/mol. The number of halogens is 2. The predicted molar refractivity (Wildman–Crippen MR) is 96.0 cm³/mol. The lowest BCUT2D eigenvalue weighted by molar-refractivity contribution is 0.435. The highest BCUT2D eigenvalue weighted by atomic mass is 19.1. The average molecular weight is 380 g/mol. The van der Waals surface area contributed by atoms with Crippen molar-refractivity contribution >= 4 is 10.9 Å². The van der Waals surface area contributed by atoms with Gasteiger partial charge < -0.3 is 10.1 Å². The largest absolute Gasteiger partial charge is 0.453 e. The Balaban J connectivity index is 1.56. The molecule has 1 saturated heterocycles. The average Bonchev–Trinajstić information content (AvgIpc) is 3.15. The molecule has 28 heavy (non-hydrogen) atoms. The molecular formula is C20H14F2N4O2. The number of ether oxygens (including phenoxy) is 1. The summed E-state index contributed by atoms with van der Waals surface area (Å²) in [5, 5.41) is 12.7. The summed E-state index contributed by atoms with van der Waals surface area (Å²) < 4.78 is 34.9. The highest BCUT2D eigenvalue weighted by Gasteiger charge is 2.54. The van der Waals surface area contributed by atoms with Crippen molar-refractivity contribution in [3.05, 3.63) is 64.2 Å². The molecule has 8 heteroatoms. The van der Waals surface area contributed by atoms with E-state index in [1.54, 1.807) is 23.0 Å². The fraction of sp³-hybridized carbons (Fsp3) is 0.250. The highest BCUT2D eigenvalue weighted by Crippen LogP contribution is 2.51. The molecular weight excluding hydrogens is 366 g/mol. The number of hydrogen-bond donors (Lipinski definition) is 1. The number of rotatable bonds is 3. The van der Waals surface area contributed by atoms with Crippen molar-refractivity contribution in [2.45, 2.75) is 6.04 Å². The van der Waals surface area contributed by atoms with Gasteiger partial charge in [-0.1, -0.05) is 0 Å². The van der Waals surface area contributed by atoms with Crippen molar-refractivity contribution in [3.8, 4) is 17.6 Å². The summed E-state index contributed by atoms with van der Waals surface area (Å²) in [6.45, 7) is 1.78. The molecule has 3 atom stereocenters. The van der Waals surface area contributed by atoms with Gasteiger partial charge >= 0.3 is 0 Å². The van der Waals surface area contributed by atoms with Crippen molar-refractivity contribution in [3.63, 3.8) is 0 Å². The number of piperidine rings is 1. The van der Waals surface area contributed by atoms with Crippen molar-refractivity contribution in [1.82, 2.24) is 14.9 Å². The molecule has 1 aliphatic heterocycles. The van der Waals surface area contributed by atoms with Gasteiger partial charge in [0.15, 0.2) is 11.6 Å². The zero-order valence-electron chi connectivity index (χ0n) is 14.5. The fourth-order valence-electron chi connectivity index (χ4n) is 4.04. The van der Waals surface area contributed by atoms with Crippen LogP contribution in [0.25, 0.3) is 10.9 Å². The minimum absolute atomic E-state index is 0.128. The van der Waals surface area contributed by atoms with Crippen LogP contribution in [0.4, 0.5) is 8.78 Å². The molecule has 1 aromatic heterocycles. The fourth-order valence-corrected chi connectivity index (χ4v) is 4.04. The minimum atomic E-state index is -0.877. The SMILES string of the molecule is N#Cc1c(F)ccc(F)c1Oc1ccc2ncn(C3[C@H]4CNC[C@@H]34)c(=O)c2c1. The highest BCUT2D eigenvalue weighted by molar-refractivity contribution is 5.79. The number of fused-ring (bicyclic) bond motifs is 2. The van der Waals surface area contributed by atoms with Crippen LogP contribution in [0, 0.1) is 34.8 Å². The molecule has 140 valence electrons. The third kappa shape index (κ3) is 2.47. The molecule has 1 aliphatic carbocycles. The molecule has 2 aromatic carbocycles. The quantitative estimate of drug-likeness (QED) is 0.756. The van der Waals surface area contributed by atoms with Gasteiger partial charge in [-0.05, 0) is 42.2 Å². The van der Waals surface area contributed by atoms with E-state index in [9.17, 15) is 13.6 Å². The van der Waals surface area contributed by atoms with Gasteiger partial charge in [-0.25, -0.2) is 13.8 Å². The zero-order valence-corrected chi connectivity index (χ0v) is 14.5. The summed E-state index contributed by atoms with van der Waals surface area (Å²) in [7, 11) is 0. The Hall–Kier alpha value is -3.31. The third-order valence-electron chi connectivity index (χ3n) is 5.51.